The summed E-state index contributed by atoms with van der Waals surface area (Å²) in [6.07, 6.45) is 3.90. The highest BCUT2D eigenvalue weighted by atomic mass is 32.2. The summed E-state index contributed by atoms with van der Waals surface area (Å²) >= 11 is 1.67. The summed E-state index contributed by atoms with van der Waals surface area (Å²) in [5.41, 5.74) is 2.19. The molecule has 0 spiro atoms. The molecule has 0 aliphatic rings. The normalized spacial score (nSPS) is 10.8. The summed E-state index contributed by atoms with van der Waals surface area (Å²) in [6, 6.07) is 11.9. The minimum atomic E-state index is 0.772. The minimum absolute atomic E-state index is 0.772. The molecule has 1 aromatic carbocycles. The molecule has 0 aliphatic carbocycles. The quantitative estimate of drug-likeness (QED) is 0.674. The van der Waals surface area contributed by atoms with Crippen LogP contribution in [0.25, 0.3) is 5.52 Å². The molecule has 0 aliphatic heterocycles. The van der Waals surface area contributed by atoms with E-state index in [0.717, 1.165) is 33.5 Å². The van der Waals surface area contributed by atoms with E-state index in [9.17, 15) is 0 Å². The Labute approximate surface area is 127 Å². The van der Waals surface area contributed by atoms with Gasteiger partial charge in [-0.25, -0.2) is 4.98 Å². The van der Waals surface area contributed by atoms with Crippen LogP contribution in [0.3, 0.4) is 0 Å². The van der Waals surface area contributed by atoms with E-state index in [1.165, 1.54) is 0 Å². The van der Waals surface area contributed by atoms with Gasteiger partial charge >= 0.3 is 0 Å². The van der Waals surface area contributed by atoms with Gasteiger partial charge in [0.2, 0.25) is 0 Å². The fourth-order valence-corrected chi connectivity index (χ4v) is 3.11. The summed E-state index contributed by atoms with van der Waals surface area (Å²) in [5, 5.41) is 0.968. The molecular formula is C16H16N2O2S. The van der Waals surface area contributed by atoms with Gasteiger partial charge in [0.15, 0.2) is 5.16 Å². The van der Waals surface area contributed by atoms with Gasteiger partial charge in [-0.3, -0.25) is 4.40 Å². The third-order valence-electron chi connectivity index (χ3n) is 3.25. The molecule has 0 radical (unpaired) electrons. The van der Waals surface area contributed by atoms with Gasteiger partial charge in [-0.15, -0.1) is 0 Å². The third kappa shape index (κ3) is 2.83. The summed E-state index contributed by atoms with van der Waals surface area (Å²) in [6.45, 7) is 0. The maximum atomic E-state index is 5.41. The Bertz CT molecular complexity index is 755. The molecule has 4 nitrogen and oxygen atoms in total. The molecule has 2 heterocycles. The van der Waals surface area contributed by atoms with Crippen LogP contribution < -0.4 is 9.47 Å². The number of imidazole rings is 1. The molecule has 5 heteroatoms. The van der Waals surface area contributed by atoms with Gasteiger partial charge in [-0.05, 0) is 30.3 Å². The van der Waals surface area contributed by atoms with Crippen molar-refractivity contribution in [1.29, 1.82) is 0 Å². The predicted molar refractivity (Wildman–Crippen MR) is 84.3 cm³/mol. The number of thioether (sulfide) groups is 1. The molecule has 0 unspecified atom stereocenters. The molecule has 0 atom stereocenters. The summed E-state index contributed by atoms with van der Waals surface area (Å²) in [4.78, 5) is 4.46. The Morgan fingerprint density at radius 2 is 2.05 bits per heavy atom. The Morgan fingerprint density at radius 1 is 1.14 bits per heavy atom. The van der Waals surface area contributed by atoms with Gasteiger partial charge in [-0.2, -0.15) is 0 Å². The minimum Gasteiger partial charge on any atom is -0.497 e. The van der Waals surface area contributed by atoms with E-state index in [0.29, 0.717) is 0 Å². The zero-order valence-electron chi connectivity index (χ0n) is 11.9. The lowest BCUT2D eigenvalue weighted by atomic mass is 10.2. The van der Waals surface area contributed by atoms with Crippen molar-refractivity contribution in [1.82, 2.24) is 9.38 Å². The van der Waals surface area contributed by atoms with Crippen LogP contribution in [0.15, 0.2) is 53.9 Å². The van der Waals surface area contributed by atoms with E-state index in [2.05, 4.69) is 9.38 Å². The fraction of sp³-hybridized carbons (Fsp3) is 0.188. The third-order valence-corrected chi connectivity index (χ3v) is 4.26. The Kier molecular flexibility index (Phi) is 4.01. The van der Waals surface area contributed by atoms with E-state index in [1.54, 1.807) is 26.0 Å². The van der Waals surface area contributed by atoms with Gasteiger partial charge in [0.05, 0.1) is 25.9 Å². The number of rotatable bonds is 5. The van der Waals surface area contributed by atoms with Crippen LogP contribution in [0, 0.1) is 0 Å². The Hall–Kier alpha value is -2.14. The number of hydrogen-bond acceptors (Lipinski definition) is 4. The van der Waals surface area contributed by atoms with Crippen molar-refractivity contribution in [2.24, 2.45) is 0 Å². The SMILES string of the molecule is COc1ccc(OC)c(CSc2ncc3ccccn23)c1. The van der Waals surface area contributed by atoms with Crippen molar-refractivity contribution < 1.29 is 9.47 Å². The van der Waals surface area contributed by atoms with Crippen LogP contribution in [0.5, 0.6) is 11.5 Å². The molecule has 0 saturated carbocycles. The lowest BCUT2D eigenvalue weighted by Crippen LogP contribution is -1.93. The summed E-state index contributed by atoms with van der Waals surface area (Å²) in [5.74, 6) is 2.47. The average Bonchev–Trinajstić information content (AvgIpc) is 2.96. The van der Waals surface area contributed by atoms with Gasteiger partial charge in [0.25, 0.3) is 0 Å². The summed E-state index contributed by atoms with van der Waals surface area (Å²) in [7, 11) is 3.35. The molecule has 2 aromatic heterocycles. The Morgan fingerprint density at radius 3 is 2.86 bits per heavy atom. The molecule has 21 heavy (non-hydrogen) atoms. The van der Waals surface area contributed by atoms with Crippen LogP contribution in [0.4, 0.5) is 0 Å². The second kappa shape index (κ2) is 6.10. The number of aromatic nitrogens is 2. The first-order chi connectivity index (χ1) is 10.3. The smallest absolute Gasteiger partial charge is 0.172 e. The van der Waals surface area contributed by atoms with Crippen molar-refractivity contribution >= 4 is 17.3 Å². The number of benzene rings is 1. The highest BCUT2D eigenvalue weighted by molar-refractivity contribution is 7.98. The maximum absolute atomic E-state index is 5.41. The first-order valence-corrected chi connectivity index (χ1v) is 7.56. The molecule has 108 valence electrons. The number of ether oxygens (including phenoxy) is 2. The first kappa shape index (κ1) is 13.8. The van der Waals surface area contributed by atoms with E-state index < -0.39 is 0 Å². The van der Waals surface area contributed by atoms with Crippen molar-refractivity contribution in [2.75, 3.05) is 14.2 Å². The average molecular weight is 300 g/mol. The van der Waals surface area contributed by atoms with Gasteiger partial charge in [0.1, 0.15) is 11.5 Å². The number of hydrogen-bond donors (Lipinski definition) is 0. The van der Waals surface area contributed by atoms with Crippen molar-refractivity contribution in [3.63, 3.8) is 0 Å². The van der Waals surface area contributed by atoms with E-state index in [1.807, 2.05) is 48.8 Å². The second-order valence-electron chi connectivity index (χ2n) is 4.50. The zero-order chi connectivity index (χ0) is 14.7. The monoisotopic (exact) mass is 300 g/mol. The van der Waals surface area contributed by atoms with E-state index in [-0.39, 0.29) is 0 Å². The molecule has 0 bridgehead atoms. The number of nitrogens with zero attached hydrogens (tertiary/aromatic N) is 2. The lowest BCUT2D eigenvalue weighted by Gasteiger charge is -2.10. The topological polar surface area (TPSA) is 35.8 Å². The second-order valence-corrected chi connectivity index (χ2v) is 5.45. The zero-order valence-corrected chi connectivity index (χ0v) is 12.8. The highest BCUT2D eigenvalue weighted by Gasteiger charge is 2.08. The highest BCUT2D eigenvalue weighted by Crippen LogP contribution is 2.30. The van der Waals surface area contributed by atoms with Gasteiger partial charge < -0.3 is 9.47 Å². The summed E-state index contributed by atoms with van der Waals surface area (Å²) < 4.78 is 12.8. The maximum Gasteiger partial charge on any atom is 0.172 e. The number of methoxy groups -OCH3 is 2. The first-order valence-electron chi connectivity index (χ1n) is 6.57. The standard InChI is InChI=1S/C16H16N2O2S/c1-19-14-6-7-15(20-2)12(9-14)11-21-16-17-10-13-5-3-4-8-18(13)16/h3-10H,11H2,1-2H3. The lowest BCUT2D eigenvalue weighted by molar-refractivity contribution is 0.400. The van der Waals surface area contributed by atoms with Crippen LogP contribution >= 0.6 is 11.8 Å². The van der Waals surface area contributed by atoms with E-state index >= 15 is 0 Å². The molecule has 0 N–H and O–H groups in total. The van der Waals surface area contributed by atoms with Crippen molar-refractivity contribution in [3.05, 3.63) is 54.4 Å². The van der Waals surface area contributed by atoms with Gasteiger partial charge in [-0.1, -0.05) is 17.8 Å². The van der Waals surface area contributed by atoms with Crippen LogP contribution in [0.1, 0.15) is 5.56 Å². The van der Waals surface area contributed by atoms with Crippen LogP contribution in [0.2, 0.25) is 0 Å². The number of fused-ring (bicyclic) bond motifs is 1. The predicted octanol–water partition coefficient (Wildman–Crippen LogP) is 3.64. The number of pyridine rings is 1. The molecule has 0 saturated heterocycles. The Balaban J connectivity index is 1.84. The van der Waals surface area contributed by atoms with Gasteiger partial charge in [0, 0.05) is 17.5 Å². The molecule has 0 amide bonds. The van der Waals surface area contributed by atoms with Crippen molar-refractivity contribution in [3.8, 4) is 11.5 Å². The van der Waals surface area contributed by atoms with E-state index in [4.69, 9.17) is 9.47 Å². The van der Waals surface area contributed by atoms with Crippen molar-refractivity contribution in [2.45, 2.75) is 10.9 Å². The fourth-order valence-electron chi connectivity index (χ4n) is 2.16. The molecular weight excluding hydrogens is 284 g/mol. The molecule has 0 fully saturated rings. The molecule has 3 rings (SSSR count). The van der Waals surface area contributed by atoms with Crippen LogP contribution in [-0.4, -0.2) is 23.6 Å². The molecule has 3 aromatic rings. The largest absolute Gasteiger partial charge is 0.497 e. The van der Waals surface area contributed by atoms with Crippen LogP contribution in [-0.2, 0) is 5.75 Å².